The van der Waals surface area contributed by atoms with Crippen LogP contribution in [0.25, 0.3) is 0 Å². The first-order chi connectivity index (χ1) is 18.6. The van der Waals surface area contributed by atoms with Gasteiger partial charge in [-0.2, -0.15) is 0 Å². The maximum atomic E-state index is 13.1. The molecule has 8 nitrogen and oxygen atoms in total. The van der Waals surface area contributed by atoms with E-state index in [1.807, 2.05) is 37.4 Å². The average molecular weight is 555 g/mol. The van der Waals surface area contributed by atoms with Crippen LogP contribution in [0.2, 0.25) is 18.6 Å². The molecule has 9 heteroatoms. The van der Waals surface area contributed by atoms with Crippen LogP contribution in [0.5, 0.6) is 5.75 Å². The van der Waals surface area contributed by atoms with Gasteiger partial charge in [0, 0.05) is 23.3 Å². The Hall–Kier alpha value is -2.72. The maximum Gasteiger partial charge on any atom is 0.255 e. The number of nitrogens with one attached hydrogen (secondary N) is 1. The molecule has 2 aromatic carbocycles. The van der Waals surface area contributed by atoms with E-state index >= 15 is 0 Å². The van der Waals surface area contributed by atoms with E-state index in [1.54, 1.807) is 36.3 Å². The minimum Gasteiger partial charge on any atom is -0.497 e. The van der Waals surface area contributed by atoms with Gasteiger partial charge in [-0.25, -0.2) is 0 Å². The zero-order chi connectivity index (χ0) is 28.2. The molecular formula is C30H42N2O6Si. The first-order valence-corrected chi connectivity index (χ1v) is 17.0. The van der Waals surface area contributed by atoms with Crippen molar-refractivity contribution in [3.8, 4) is 5.75 Å². The number of rotatable bonds is 10. The lowest BCUT2D eigenvalue weighted by Crippen LogP contribution is -2.43. The lowest BCUT2D eigenvalue weighted by molar-refractivity contribution is -0.135. The van der Waals surface area contributed by atoms with Crippen molar-refractivity contribution in [2.75, 3.05) is 25.6 Å². The number of anilines is 1. The Morgan fingerprint density at radius 2 is 1.79 bits per heavy atom. The molecule has 2 amide bonds. The van der Waals surface area contributed by atoms with E-state index in [4.69, 9.17) is 9.47 Å². The number of likely N-dealkylation sites (tertiary alicyclic amines) is 1. The van der Waals surface area contributed by atoms with Gasteiger partial charge in [0.05, 0.1) is 38.4 Å². The van der Waals surface area contributed by atoms with Crippen molar-refractivity contribution in [3.05, 3.63) is 59.7 Å². The van der Waals surface area contributed by atoms with Crippen LogP contribution in [0, 0.1) is 5.92 Å². The summed E-state index contributed by atoms with van der Waals surface area (Å²) in [4.78, 5) is 38.5. The average Bonchev–Trinajstić information content (AvgIpc) is 3.52. The molecule has 39 heavy (non-hydrogen) atoms. The van der Waals surface area contributed by atoms with E-state index < -0.39 is 8.32 Å². The van der Waals surface area contributed by atoms with Gasteiger partial charge in [-0.1, -0.05) is 19.1 Å². The predicted molar refractivity (Wildman–Crippen MR) is 153 cm³/mol. The number of nitrogens with zero attached hydrogens (tertiary/aromatic N) is 1. The van der Waals surface area contributed by atoms with E-state index in [1.165, 1.54) is 0 Å². The molecule has 3 N–H and O–H groups in total. The molecule has 2 saturated heterocycles. The molecule has 2 aliphatic rings. The standard InChI is InChI=1S/C30H42N2O6Si/c1-20-26(38-27(29(20)39(3,4)36)18-28(34)32-17-5-6-24(32)19-33)16-9-21-7-12-23(13-8-21)31-30(35)22-10-14-25(37-2)15-11-22/h7-8,10-15,20,24,26-27,29,33,36H,5-6,9,16-19H2,1-4H3,(H,31,35)/t20-,24-,26+,27-,29+/m0/s1. The summed E-state index contributed by atoms with van der Waals surface area (Å²) in [7, 11) is -0.992. The number of aliphatic hydroxyl groups is 1. The first-order valence-electron chi connectivity index (χ1n) is 13.9. The molecule has 2 heterocycles. The van der Waals surface area contributed by atoms with Crippen molar-refractivity contribution < 1.29 is 29.0 Å². The SMILES string of the molecule is COc1ccc(C(=O)Nc2ccc(CC[C@H]3O[C@@H](CC(=O)N4CCC[C@H]4CO)[C@H]([Si](C)(C)O)[C@H]3C)cc2)cc1. The second-order valence-electron chi connectivity index (χ2n) is 11.4. The van der Waals surface area contributed by atoms with Gasteiger partial charge in [-0.05, 0) is 86.7 Å². The normalized spacial score (nSPS) is 25.1. The van der Waals surface area contributed by atoms with Crippen molar-refractivity contribution in [3.63, 3.8) is 0 Å². The monoisotopic (exact) mass is 554 g/mol. The number of carbonyl (C=O) groups is 2. The summed E-state index contributed by atoms with van der Waals surface area (Å²) in [5.74, 6) is 0.678. The Bertz CT molecular complexity index is 1120. The smallest absolute Gasteiger partial charge is 0.255 e. The fourth-order valence-corrected chi connectivity index (χ4v) is 8.87. The molecule has 2 aliphatic heterocycles. The number of hydrogen-bond donors (Lipinski definition) is 3. The quantitative estimate of drug-likeness (QED) is 0.380. The minimum atomic E-state index is -2.58. The molecule has 0 aliphatic carbocycles. The van der Waals surface area contributed by atoms with E-state index in [9.17, 15) is 19.5 Å². The second kappa shape index (κ2) is 12.6. The summed E-state index contributed by atoms with van der Waals surface area (Å²) in [6, 6.07) is 14.7. The summed E-state index contributed by atoms with van der Waals surface area (Å²) in [6.45, 7) is 6.67. The fraction of sp³-hybridized carbons (Fsp3) is 0.533. The molecule has 5 atom stereocenters. The van der Waals surface area contributed by atoms with Gasteiger partial charge in [0.25, 0.3) is 5.91 Å². The molecule has 0 bridgehead atoms. The Labute approximate surface area is 232 Å². The van der Waals surface area contributed by atoms with Gasteiger partial charge in [-0.15, -0.1) is 0 Å². The van der Waals surface area contributed by atoms with Crippen molar-refractivity contribution >= 4 is 25.8 Å². The van der Waals surface area contributed by atoms with Gasteiger partial charge in [0.2, 0.25) is 5.91 Å². The van der Waals surface area contributed by atoms with Crippen LogP contribution in [0.15, 0.2) is 48.5 Å². The van der Waals surface area contributed by atoms with Gasteiger partial charge in [0.15, 0.2) is 8.32 Å². The lowest BCUT2D eigenvalue weighted by atomic mass is 9.95. The highest BCUT2D eigenvalue weighted by molar-refractivity contribution is 6.71. The summed E-state index contributed by atoms with van der Waals surface area (Å²) in [5, 5.41) is 12.6. The molecule has 2 aromatic rings. The van der Waals surface area contributed by atoms with Gasteiger partial charge < -0.3 is 29.6 Å². The summed E-state index contributed by atoms with van der Waals surface area (Å²) in [6.07, 6.45) is 3.22. The Morgan fingerprint density at radius 1 is 1.10 bits per heavy atom. The van der Waals surface area contributed by atoms with Crippen LogP contribution < -0.4 is 10.1 Å². The highest BCUT2D eigenvalue weighted by Gasteiger charge is 2.50. The largest absolute Gasteiger partial charge is 0.497 e. The van der Waals surface area contributed by atoms with Crippen LogP contribution >= 0.6 is 0 Å². The second-order valence-corrected chi connectivity index (χ2v) is 15.4. The van der Waals surface area contributed by atoms with Crippen molar-refractivity contribution in [2.24, 2.45) is 5.92 Å². The number of aliphatic hydroxyl groups excluding tert-OH is 1. The zero-order valence-corrected chi connectivity index (χ0v) is 24.4. The third kappa shape index (κ3) is 7.08. The number of benzene rings is 2. The summed E-state index contributed by atoms with van der Waals surface area (Å²) < 4.78 is 11.6. The molecular weight excluding hydrogens is 512 g/mol. The third-order valence-electron chi connectivity index (χ3n) is 8.28. The topological polar surface area (TPSA) is 108 Å². The van der Waals surface area contributed by atoms with Crippen LogP contribution in [0.1, 0.15) is 48.5 Å². The van der Waals surface area contributed by atoms with E-state index in [0.717, 1.165) is 36.9 Å². The number of aryl methyl sites for hydroxylation is 1. The molecule has 2 fully saturated rings. The Kier molecular flexibility index (Phi) is 9.48. The third-order valence-corrected chi connectivity index (χ3v) is 10.8. The van der Waals surface area contributed by atoms with Gasteiger partial charge >= 0.3 is 0 Å². The number of ether oxygens (including phenoxy) is 2. The van der Waals surface area contributed by atoms with Crippen molar-refractivity contribution in [1.82, 2.24) is 4.90 Å². The zero-order valence-electron chi connectivity index (χ0n) is 23.4. The number of carbonyl (C=O) groups excluding carboxylic acids is 2. The van der Waals surface area contributed by atoms with Crippen molar-refractivity contribution in [1.29, 1.82) is 0 Å². The molecule has 0 saturated carbocycles. The lowest BCUT2D eigenvalue weighted by Gasteiger charge is -2.31. The van der Waals surface area contributed by atoms with E-state index in [2.05, 4.69) is 12.2 Å². The van der Waals surface area contributed by atoms with E-state index in [-0.39, 0.29) is 54.6 Å². The highest BCUT2D eigenvalue weighted by Crippen LogP contribution is 2.45. The maximum absolute atomic E-state index is 13.1. The van der Waals surface area contributed by atoms with Gasteiger partial charge in [0.1, 0.15) is 5.75 Å². The summed E-state index contributed by atoms with van der Waals surface area (Å²) in [5.41, 5.74) is 2.38. The Balaban J connectivity index is 1.34. The molecule has 0 radical (unpaired) electrons. The van der Waals surface area contributed by atoms with Crippen molar-refractivity contribution in [2.45, 2.75) is 75.9 Å². The first kappa shape index (κ1) is 29.3. The Morgan fingerprint density at radius 3 is 2.41 bits per heavy atom. The van der Waals surface area contributed by atoms with Crippen LogP contribution in [0.3, 0.4) is 0 Å². The molecule has 0 unspecified atom stereocenters. The number of methoxy groups -OCH3 is 1. The number of amides is 2. The number of hydrogen-bond acceptors (Lipinski definition) is 6. The molecule has 4 rings (SSSR count). The van der Waals surface area contributed by atoms with Crippen LogP contribution in [-0.2, 0) is 16.0 Å². The van der Waals surface area contributed by atoms with Gasteiger partial charge in [-0.3, -0.25) is 9.59 Å². The molecule has 212 valence electrons. The minimum absolute atomic E-state index is 0.0100. The van der Waals surface area contributed by atoms with E-state index in [0.29, 0.717) is 17.9 Å². The molecule has 0 spiro atoms. The molecule has 0 aromatic heterocycles. The highest BCUT2D eigenvalue weighted by atomic mass is 28.4. The predicted octanol–water partition coefficient (Wildman–Crippen LogP) is 4.22. The summed E-state index contributed by atoms with van der Waals surface area (Å²) >= 11 is 0. The fourth-order valence-electron chi connectivity index (χ4n) is 6.26. The van der Waals surface area contributed by atoms with Crippen LogP contribution in [-0.4, -0.2) is 73.4 Å². The van der Waals surface area contributed by atoms with Crippen LogP contribution in [0.4, 0.5) is 5.69 Å².